The lowest BCUT2D eigenvalue weighted by molar-refractivity contribution is -0.443. The van der Waals surface area contributed by atoms with Crippen LogP contribution in [-0.4, -0.2) is 28.2 Å². The molecule has 0 radical (unpaired) electrons. The van der Waals surface area contributed by atoms with Crippen molar-refractivity contribution in [3.8, 4) is 0 Å². The third-order valence-electron chi connectivity index (χ3n) is 1.56. The molecule has 2 nitrogen and oxygen atoms in total. The summed E-state index contributed by atoms with van der Waals surface area (Å²) in [5, 5.41) is 0. The van der Waals surface area contributed by atoms with Crippen molar-refractivity contribution in [1.29, 1.82) is 0 Å². The van der Waals surface area contributed by atoms with Gasteiger partial charge in [0.15, 0.2) is 5.56 Å². The highest BCUT2D eigenvalue weighted by Gasteiger charge is 2.81. The first-order chi connectivity index (χ1) is 6.83. The van der Waals surface area contributed by atoms with Crippen LogP contribution in [0.4, 0.5) is 26.3 Å². The zero-order valence-corrected chi connectivity index (χ0v) is 9.06. The zero-order chi connectivity index (χ0) is 13.0. The first-order valence-electron chi connectivity index (χ1n) is 3.37. The molecule has 0 N–H and O–H groups in total. The minimum absolute atomic E-state index is 2.32. The van der Waals surface area contributed by atoms with Crippen LogP contribution in [0.5, 0.6) is 0 Å². The maximum atomic E-state index is 12.3. The molecule has 0 aliphatic carbocycles. The Morgan fingerprint density at radius 3 is 1.44 bits per heavy atom. The molecular weight excluding hydrogens is 312 g/mol. The van der Waals surface area contributed by atoms with Crippen molar-refractivity contribution in [1.82, 2.24) is 0 Å². The van der Waals surface area contributed by atoms with E-state index < -0.39 is 28.2 Å². The van der Waals surface area contributed by atoms with Crippen molar-refractivity contribution in [3.05, 3.63) is 0 Å². The van der Waals surface area contributed by atoms with E-state index in [0.29, 0.717) is 0 Å². The van der Waals surface area contributed by atoms with Gasteiger partial charge in [-0.3, -0.25) is 4.74 Å². The summed E-state index contributed by atoms with van der Waals surface area (Å²) in [6.45, 7) is 0. The van der Waals surface area contributed by atoms with E-state index in [1.807, 2.05) is 0 Å². The fraction of sp³-hybridized carbons (Fsp3) is 1.00. The molecule has 11 heteroatoms. The van der Waals surface area contributed by atoms with Crippen molar-refractivity contribution in [2.75, 3.05) is 0 Å². The van der Waals surface area contributed by atoms with E-state index >= 15 is 0 Å². The minimum atomic E-state index is -5.93. The standard InChI is InChI=1S/C5HCl3F6O2/c6-1-2(7,8)16-3(15-1,4(9,10)11)5(12,13)14/h1H. The Hall–Kier alpha value is 0.370. The van der Waals surface area contributed by atoms with Crippen LogP contribution in [0.15, 0.2) is 0 Å². The van der Waals surface area contributed by atoms with Gasteiger partial charge in [0, 0.05) is 0 Å². The van der Waals surface area contributed by atoms with Gasteiger partial charge in [0.05, 0.1) is 0 Å². The number of ether oxygens (including phenoxy) is 2. The molecule has 0 aromatic heterocycles. The Bertz CT molecular complexity index is 273. The van der Waals surface area contributed by atoms with Gasteiger partial charge in [-0.15, -0.1) is 0 Å². The zero-order valence-electron chi connectivity index (χ0n) is 6.80. The van der Waals surface area contributed by atoms with Crippen LogP contribution in [0.25, 0.3) is 0 Å². The van der Waals surface area contributed by atoms with Gasteiger partial charge in [0.1, 0.15) is 0 Å². The molecule has 1 unspecified atom stereocenters. The molecule has 96 valence electrons. The molecule has 0 amide bonds. The normalized spacial score (nSPS) is 29.4. The SMILES string of the molecule is FC(F)(F)C1(C(F)(F)F)OC(Cl)C(Cl)(Cl)O1. The molecule has 1 rings (SSSR count). The molecular formula is C5HCl3F6O2. The summed E-state index contributed by atoms with van der Waals surface area (Å²) < 4.78 is 77.8. The number of alkyl halides is 9. The fourth-order valence-corrected chi connectivity index (χ4v) is 1.36. The maximum absolute atomic E-state index is 12.3. The molecule has 0 aromatic rings. The van der Waals surface area contributed by atoms with Gasteiger partial charge in [-0.05, 0) is 0 Å². The Morgan fingerprint density at radius 2 is 1.31 bits per heavy atom. The van der Waals surface area contributed by atoms with E-state index in [-0.39, 0.29) is 0 Å². The molecule has 0 aromatic carbocycles. The van der Waals surface area contributed by atoms with Gasteiger partial charge in [0.25, 0.3) is 4.52 Å². The van der Waals surface area contributed by atoms with Crippen molar-refractivity contribution in [2.24, 2.45) is 0 Å². The van der Waals surface area contributed by atoms with E-state index in [2.05, 4.69) is 9.47 Å². The molecule has 0 spiro atoms. The van der Waals surface area contributed by atoms with Gasteiger partial charge < -0.3 is 4.74 Å². The smallest absolute Gasteiger partial charge is 0.310 e. The first-order valence-corrected chi connectivity index (χ1v) is 4.56. The Morgan fingerprint density at radius 1 is 0.938 bits per heavy atom. The molecule has 1 fully saturated rings. The van der Waals surface area contributed by atoms with Gasteiger partial charge in [-0.25, -0.2) is 0 Å². The Labute approximate surface area is 99.3 Å². The number of rotatable bonds is 0. The molecule has 0 bridgehead atoms. The minimum Gasteiger partial charge on any atom is -0.310 e. The van der Waals surface area contributed by atoms with Crippen LogP contribution in [0.1, 0.15) is 0 Å². The molecule has 16 heavy (non-hydrogen) atoms. The molecule has 1 saturated heterocycles. The molecule has 1 aliphatic rings. The average molecular weight is 313 g/mol. The summed E-state index contributed by atoms with van der Waals surface area (Å²) in [4.78, 5) is 0. The van der Waals surface area contributed by atoms with Crippen molar-refractivity contribution in [2.45, 2.75) is 28.2 Å². The average Bonchev–Trinajstić information content (AvgIpc) is 2.21. The van der Waals surface area contributed by atoms with E-state index in [0.717, 1.165) is 0 Å². The highest BCUT2D eigenvalue weighted by Crippen LogP contribution is 2.57. The molecule has 1 aliphatic heterocycles. The lowest BCUT2D eigenvalue weighted by atomic mass is 10.2. The third-order valence-corrected chi connectivity index (χ3v) is 2.73. The number of hydrogen-bond acceptors (Lipinski definition) is 2. The fourth-order valence-electron chi connectivity index (χ4n) is 0.886. The third kappa shape index (κ3) is 2.05. The summed E-state index contributed by atoms with van der Waals surface area (Å²) in [7, 11) is 0. The molecule has 1 heterocycles. The number of halogens is 9. The second-order valence-corrected chi connectivity index (χ2v) is 4.42. The van der Waals surface area contributed by atoms with Gasteiger partial charge >= 0.3 is 18.1 Å². The van der Waals surface area contributed by atoms with E-state index in [1.165, 1.54) is 0 Å². The summed E-state index contributed by atoms with van der Waals surface area (Å²) in [6.07, 6.45) is -11.9. The molecule has 0 saturated carbocycles. The van der Waals surface area contributed by atoms with Crippen LogP contribution >= 0.6 is 34.8 Å². The van der Waals surface area contributed by atoms with Crippen LogP contribution in [-0.2, 0) is 9.47 Å². The highest BCUT2D eigenvalue weighted by atomic mass is 35.5. The van der Waals surface area contributed by atoms with E-state index in [4.69, 9.17) is 34.8 Å². The summed E-state index contributed by atoms with van der Waals surface area (Å²) in [5.74, 6) is -4.92. The lowest BCUT2D eigenvalue weighted by Gasteiger charge is -2.31. The largest absolute Gasteiger partial charge is 0.453 e. The Kier molecular flexibility index (Phi) is 3.32. The quantitative estimate of drug-likeness (QED) is 0.503. The van der Waals surface area contributed by atoms with E-state index in [1.54, 1.807) is 0 Å². The first kappa shape index (κ1) is 14.4. The van der Waals surface area contributed by atoms with Gasteiger partial charge in [0.2, 0.25) is 0 Å². The van der Waals surface area contributed by atoms with Crippen molar-refractivity contribution >= 4 is 34.8 Å². The second-order valence-electron chi connectivity index (χ2n) is 2.71. The second kappa shape index (κ2) is 3.68. The highest BCUT2D eigenvalue weighted by molar-refractivity contribution is 6.51. The predicted molar refractivity (Wildman–Crippen MR) is 41.1 cm³/mol. The van der Waals surface area contributed by atoms with E-state index in [9.17, 15) is 26.3 Å². The van der Waals surface area contributed by atoms with Gasteiger partial charge in [-0.1, -0.05) is 34.8 Å². The van der Waals surface area contributed by atoms with Crippen LogP contribution in [0, 0.1) is 0 Å². The summed E-state index contributed by atoms with van der Waals surface area (Å²) >= 11 is 15.0. The van der Waals surface area contributed by atoms with Gasteiger partial charge in [-0.2, -0.15) is 26.3 Å². The van der Waals surface area contributed by atoms with Crippen LogP contribution in [0.2, 0.25) is 0 Å². The lowest BCUT2D eigenvalue weighted by Crippen LogP contribution is -2.58. The summed E-state index contributed by atoms with van der Waals surface area (Å²) in [6, 6.07) is 0. The summed E-state index contributed by atoms with van der Waals surface area (Å²) in [5.41, 5.74) is -2.32. The van der Waals surface area contributed by atoms with Crippen molar-refractivity contribution < 1.29 is 35.8 Å². The topological polar surface area (TPSA) is 18.5 Å². The number of hydrogen-bond donors (Lipinski definition) is 0. The van der Waals surface area contributed by atoms with Crippen molar-refractivity contribution in [3.63, 3.8) is 0 Å². The van der Waals surface area contributed by atoms with Crippen LogP contribution in [0.3, 0.4) is 0 Å². The Balaban J connectivity index is 3.22. The maximum Gasteiger partial charge on any atom is 0.453 e. The monoisotopic (exact) mass is 312 g/mol. The molecule has 1 atom stereocenters. The predicted octanol–water partition coefficient (Wildman–Crippen LogP) is 3.55. The van der Waals surface area contributed by atoms with Crippen LogP contribution < -0.4 is 0 Å².